The van der Waals surface area contributed by atoms with Crippen molar-refractivity contribution in [2.45, 2.75) is 38.9 Å². The molecule has 0 aliphatic heterocycles. The number of methoxy groups -OCH3 is 1. The van der Waals surface area contributed by atoms with E-state index in [4.69, 9.17) is 9.16 Å². The van der Waals surface area contributed by atoms with Crippen molar-refractivity contribution in [2.75, 3.05) is 7.11 Å². The average molecular weight is 288 g/mol. The summed E-state index contributed by atoms with van der Waals surface area (Å²) in [5.74, 6) is 1.89. The van der Waals surface area contributed by atoms with Gasteiger partial charge in [0.1, 0.15) is 11.5 Å². The number of benzene rings is 2. The molecule has 0 heterocycles. The van der Waals surface area contributed by atoms with Crippen LogP contribution in [0.5, 0.6) is 11.5 Å². The lowest BCUT2D eigenvalue weighted by Crippen LogP contribution is -2.39. The molecule has 0 unspecified atom stereocenters. The van der Waals surface area contributed by atoms with Crippen molar-refractivity contribution in [3.63, 3.8) is 0 Å². The molecule has 2 nitrogen and oxygen atoms in total. The molecule has 2 aromatic carbocycles. The third kappa shape index (κ3) is 2.83. The summed E-state index contributed by atoms with van der Waals surface area (Å²) in [5.41, 5.74) is 0. The van der Waals surface area contributed by atoms with Gasteiger partial charge in [-0.15, -0.1) is 0 Å². The van der Waals surface area contributed by atoms with Crippen LogP contribution < -0.4 is 9.16 Å². The van der Waals surface area contributed by atoms with Crippen molar-refractivity contribution in [3.8, 4) is 11.5 Å². The zero-order valence-corrected chi connectivity index (χ0v) is 13.9. The Morgan fingerprint density at radius 2 is 1.65 bits per heavy atom. The smallest absolute Gasteiger partial charge is 0.250 e. The van der Waals surface area contributed by atoms with Crippen LogP contribution in [0.15, 0.2) is 36.4 Å². The highest BCUT2D eigenvalue weighted by Gasteiger charge is 2.31. The van der Waals surface area contributed by atoms with Crippen molar-refractivity contribution >= 4 is 19.1 Å². The molecule has 108 valence electrons. The molecule has 3 heteroatoms. The van der Waals surface area contributed by atoms with Crippen molar-refractivity contribution in [3.05, 3.63) is 36.4 Å². The van der Waals surface area contributed by atoms with Crippen LogP contribution in [0.3, 0.4) is 0 Å². The minimum atomic E-state index is -1.64. The number of hydrogen-bond acceptors (Lipinski definition) is 2. The summed E-state index contributed by atoms with van der Waals surface area (Å²) in [6.07, 6.45) is 0. The lowest BCUT2D eigenvalue weighted by Gasteiger charge is -2.29. The highest BCUT2D eigenvalue weighted by atomic mass is 28.4. The highest BCUT2D eigenvalue weighted by molar-refractivity contribution is 6.74. The molecule has 2 aromatic rings. The zero-order valence-electron chi connectivity index (χ0n) is 12.9. The van der Waals surface area contributed by atoms with Gasteiger partial charge >= 0.3 is 0 Å². The van der Waals surface area contributed by atoms with Crippen LogP contribution in [-0.2, 0) is 0 Å². The molecule has 0 radical (unpaired) electrons. The van der Waals surface area contributed by atoms with Gasteiger partial charge in [-0.2, -0.15) is 0 Å². The first-order valence-electron chi connectivity index (χ1n) is 7.43. The van der Waals surface area contributed by atoms with Crippen molar-refractivity contribution < 1.29 is 9.16 Å². The Hall–Kier alpha value is -1.48. The van der Waals surface area contributed by atoms with Gasteiger partial charge in [0.2, 0.25) is 0 Å². The SMILES string of the molecule is CC[Si](CC)(CC)Oc1cccc2ccc(OC)cc12. The Kier molecular flexibility index (Phi) is 4.71. The second-order valence-corrected chi connectivity index (χ2v) is 9.88. The average Bonchev–Trinajstić information content (AvgIpc) is 2.52. The van der Waals surface area contributed by atoms with E-state index in [2.05, 4.69) is 51.1 Å². The quantitative estimate of drug-likeness (QED) is 0.677. The molecule has 0 bridgehead atoms. The van der Waals surface area contributed by atoms with E-state index in [0.717, 1.165) is 35.0 Å². The van der Waals surface area contributed by atoms with Crippen molar-refractivity contribution in [1.29, 1.82) is 0 Å². The fourth-order valence-corrected chi connectivity index (χ4v) is 5.22. The molecular formula is C17H24O2Si. The maximum Gasteiger partial charge on any atom is 0.250 e. The van der Waals surface area contributed by atoms with E-state index in [1.807, 2.05) is 6.07 Å². The summed E-state index contributed by atoms with van der Waals surface area (Å²) in [4.78, 5) is 0. The summed E-state index contributed by atoms with van der Waals surface area (Å²) in [6, 6.07) is 15.9. The summed E-state index contributed by atoms with van der Waals surface area (Å²) in [7, 11) is 0.0583. The number of fused-ring (bicyclic) bond motifs is 1. The van der Waals surface area contributed by atoms with Crippen molar-refractivity contribution in [2.24, 2.45) is 0 Å². The first-order chi connectivity index (χ1) is 9.68. The maximum atomic E-state index is 6.55. The Bertz CT molecular complexity index is 568. The van der Waals surface area contributed by atoms with Gasteiger partial charge in [0, 0.05) is 5.39 Å². The molecule has 0 N–H and O–H groups in total. The van der Waals surface area contributed by atoms with Gasteiger partial charge in [0.15, 0.2) is 0 Å². The van der Waals surface area contributed by atoms with Crippen LogP contribution >= 0.6 is 0 Å². The predicted octanol–water partition coefficient (Wildman–Crippen LogP) is 5.23. The molecular weight excluding hydrogens is 264 g/mol. The van der Waals surface area contributed by atoms with Crippen LogP contribution in [-0.4, -0.2) is 15.4 Å². The first-order valence-corrected chi connectivity index (χ1v) is 9.96. The summed E-state index contributed by atoms with van der Waals surface area (Å²) in [6.45, 7) is 6.76. The fraction of sp³-hybridized carbons (Fsp3) is 0.412. The molecule has 0 fully saturated rings. The molecule has 20 heavy (non-hydrogen) atoms. The monoisotopic (exact) mass is 288 g/mol. The van der Waals surface area contributed by atoms with E-state index in [1.165, 1.54) is 5.39 Å². The van der Waals surface area contributed by atoms with E-state index in [1.54, 1.807) is 7.11 Å². The topological polar surface area (TPSA) is 18.5 Å². The third-order valence-electron chi connectivity index (χ3n) is 4.31. The number of ether oxygens (including phenoxy) is 1. The minimum Gasteiger partial charge on any atom is -0.543 e. The Labute approximate surface area is 122 Å². The lowest BCUT2D eigenvalue weighted by atomic mass is 10.1. The number of rotatable bonds is 6. The molecule has 0 saturated heterocycles. The van der Waals surface area contributed by atoms with Crippen LogP contribution in [0, 0.1) is 0 Å². The molecule has 0 spiro atoms. The van der Waals surface area contributed by atoms with Crippen molar-refractivity contribution in [1.82, 2.24) is 0 Å². The molecule has 0 atom stereocenters. The molecule has 0 amide bonds. The predicted molar refractivity (Wildman–Crippen MR) is 88.3 cm³/mol. The second kappa shape index (κ2) is 6.31. The molecule has 0 aromatic heterocycles. The second-order valence-electron chi connectivity index (χ2n) is 5.19. The molecule has 0 aliphatic carbocycles. The maximum absolute atomic E-state index is 6.55. The van der Waals surface area contributed by atoms with Crippen LogP contribution in [0.1, 0.15) is 20.8 Å². The molecule has 2 rings (SSSR count). The van der Waals surface area contributed by atoms with Gasteiger partial charge < -0.3 is 9.16 Å². The van der Waals surface area contributed by atoms with E-state index < -0.39 is 8.32 Å². The molecule has 0 aliphatic rings. The summed E-state index contributed by atoms with van der Waals surface area (Å²) < 4.78 is 11.9. The normalized spacial score (nSPS) is 11.6. The van der Waals surface area contributed by atoms with Gasteiger partial charge in [0.25, 0.3) is 8.32 Å². The van der Waals surface area contributed by atoms with E-state index in [9.17, 15) is 0 Å². The Balaban J connectivity index is 2.48. The van der Waals surface area contributed by atoms with Gasteiger partial charge in [-0.25, -0.2) is 0 Å². The van der Waals surface area contributed by atoms with Crippen LogP contribution in [0.25, 0.3) is 10.8 Å². The first kappa shape index (κ1) is 14.9. The summed E-state index contributed by atoms with van der Waals surface area (Å²) in [5, 5.41) is 2.36. The summed E-state index contributed by atoms with van der Waals surface area (Å²) >= 11 is 0. The fourth-order valence-electron chi connectivity index (χ4n) is 2.64. The number of hydrogen-bond donors (Lipinski definition) is 0. The molecule has 0 saturated carbocycles. The van der Waals surface area contributed by atoms with E-state index >= 15 is 0 Å². The van der Waals surface area contributed by atoms with Gasteiger partial charge in [-0.3, -0.25) is 0 Å². The van der Waals surface area contributed by atoms with Crippen LogP contribution in [0.2, 0.25) is 18.1 Å². The third-order valence-corrected chi connectivity index (χ3v) is 8.83. The lowest BCUT2D eigenvalue weighted by molar-refractivity contribution is 0.415. The largest absolute Gasteiger partial charge is 0.543 e. The van der Waals surface area contributed by atoms with Gasteiger partial charge in [-0.05, 0) is 41.7 Å². The van der Waals surface area contributed by atoms with Gasteiger partial charge in [0.05, 0.1) is 7.11 Å². The highest BCUT2D eigenvalue weighted by Crippen LogP contribution is 2.33. The zero-order chi connectivity index (χ0) is 14.6. The standard InChI is InChI=1S/C17H24O2Si/c1-5-20(6-2,7-3)19-17-10-8-9-14-11-12-15(18-4)13-16(14)17/h8-13H,5-7H2,1-4H3. The minimum absolute atomic E-state index is 0.880. The Morgan fingerprint density at radius 3 is 2.25 bits per heavy atom. The van der Waals surface area contributed by atoms with E-state index in [-0.39, 0.29) is 0 Å². The van der Waals surface area contributed by atoms with Crippen LogP contribution in [0.4, 0.5) is 0 Å². The Morgan fingerprint density at radius 1 is 0.950 bits per heavy atom. The van der Waals surface area contributed by atoms with E-state index in [0.29, 0.717) is 0 Å². The van der Waals surface area contributed by atoms with Gasteiger partial charge in [-0.1, -0.05) is 39.0 Å².